The molecule has 2 unspecified atom stereocenters. The van der Waals surface area contributed by atoms with Gasteiger partial charge in [0.05, 0.1) is 0 Å². The van der Waals surface area contributed by atoms with Gasteiger partial charge in [-0.15, -0.1) is 0 Å². The first kappa shape index (κ1) is 16.1. The van der Waals surface area contributed by atoms with Gasteiger partial charge in [-0.25, -0.2) is 0 Å². The van der Waals surface area contributed by atoms with E-state index in [0.29, 0.717) is 6.04 Å². The van der Waals surface area contributed by atoms with E-state index in [1.807, 2.05) is 18.2 Å². The molecule has 2 heteroatoms. The van der Waals surface area contributed by atoms with Crippen molar-refractivity contribution < 1.29 is 0 Å². The summed E-state index contributed by atoms with van der Waals surface area (Å²) in [5, 5.41) is 4.57. The second kappa shape index (κ2) is 8.21. The number of hydrogen-bond donors (Lipinski definition) is 1. The summed E-state index contributed by atoms with van der Waals surface area (Å²) in [6.07, 6.45) is 3.59. The van der Waals surface area contributed by atoms with Gasteiger partial charge in [0.1, 0.15) is 0 Å². The van der Waals surface area contributed by atoms with Crippen LogP contribution < -0.4 is 5.32 Å². The van der Waals surface area contributed by atoms with Gasteiger partial charge in [-0.05, 0) is 30.5 Å². The Balaban J connectivity index is 2.13. The second-order valence-electron chi connectivity index (χ2n) is 5.52. The third-order valence-electron chi connectivity index (χ3n) is 3.87. The van der Waals surface area contributed by atoms with Crippen molar-refractivity contribution in [1.82, 2.24) is 5.32 Å². The number of rotatable bonds is 7. The van der Waals surface area contributed by atoms with Crippen LogP contribution in [0.15, 0.2) is 54.6 Å². The Kier molecular flexibility index (Phi) is 6.28. The van der Waals surface area contributed by atoms with Crippen molar-refractivity contribution in [2.75, 3.05) is 0 Å². The van der Waals surface area contributed by atoms with Gasteiger partial charge in [-0.3, -0.25) is 0 Å². The van der Waals surface area contributed by atoms with Crippen molar-refractivity contribution in [2.45, 2.75) is 45.2 Å². The first-order valence-corrected chi connectivity index (χ1v) is 8.15. The molecule has 2 rings (SSSR count). The van der Waals surface area contributed by atoms with Crippen molar-refractivity contribution in [1.29, 1.82) is 0 Å². The minimum Gasteiger partial charge on any atom is -0.303 e. The number of nitrogens with one attached hydrogen (secondary N) is 1. The fraction of sp³-hybridized carbons (Fsp3) is 0.368. The van der Waals surface area contributed by atoms with Crippen LogP contribution in [0.3, 0.4) is 0 Å². The zero-order valence-electron chi connectivity index (χ0n) is 12.9. The molecule has 2 aromatic carbocycles. The van der Waals surface area contributed by atoms with Crippen molar-refractivity contribution in [3.63, 3.8) is 0 Å². The molecule has 112 valence electrons. The Bertz CT molecular complexity index is 538. The van der Waals surface area contributed by atoms with E-state index in [-0.39, 0.29) is 6.04 Å². The number of hydrogen-bond acceptors (Lipinski definition) is 1. The van der Waals surface area contributed by atoms with Gasteiger partial charge in [0.25, 0.3) is 0 Å². The lowest BCUT2D eigenvalue weighted by molar-refractivity contribution is 0.431. The average molecular weight is 302 g/mol. The molecule has 0 saturated carbocycles. The van der Waals surface area contributed by atoms with Crippen molar-refractivity contribution >= 4 is 11.6 Å². The van der Waals surface area contributed by atoms with Crippen LogP contribution in [-0.4, -0.2) is 0 Å². The molecule has 2 aromatic rings. The summed E-state index contributed by atoms with van der Waals surface area (Å²) in [4.78, 5) is 0. The molecule has 1 N–H and O–H groups in total. The van der Waals surface area contributed by atoms with Crippen LogP contribution in [-0.2, 0) is 0 Å². The lowest BCUT2D eigenvalue weighted by Gasteiger charge is -2.24. The molecule has 0 aliphatic carbocycles. The standard InChI is InChI=1S/C19H24ClN/c1-3-4-14-19(16-10-6-5-7-11-16)21-15(2)17-12-8-9-13-18(17)20/h5-13,15,19,21H,3-4,14H2,1-2H3. The SMILES string of the molecule is CCCCC(NC(C)c1ccccc1Cl)c1ccccc1. The molecule has 0 heterocycles. The molecule has 0 bridgehead atoms. The summed E-state index contributed by atoms with van der Waals surface area (Å²) in [5.41, 5.74) is 2.52. The fourth-order valence-corrected chi connectivity index (χ4v) is 2.96. The van der Waals surface area contributed by atoms with Crippen LogP contribution >= 0.6 is 11.6 Å². The highest BCUT2D eigenvalue weighted by Gasteiger charge is 2.16. The zero-order chi connectivity index (χ0) is 15.1. The molecule has 0 radical (unpaired) electrons. The number of unbranched alkanes of at least 4 members (excludes halogenated alkanes) is 1. The van der Waals surface area contributed by atoms with Gasteiger partial charge in [0.2, 0.25) is 0 Å². The summed E-state index contributed by atoms with van der Waals surface area (Å²) in [5.74, 6) is 0. The molecule has 0 spiro atoms. The highest BCUT2D eigenvalue weighted by atomic mass is 35.5. The zero-order valence-corrected chi connectivity index (χ0v) is 13.6. The van der Waals surface area contributed by atoms with E-state index in [4.69, 9.17) is 11.6 Å². The molecule has 0 fully saturated rings. The van der Waals surface area contributed by atoms with Gasteiger partial charge >= 0.3 is 0 Å². The van der Waals surface area contributed by atoms with Crippen LogP contribution in [0.25, 0.3) is 0 Å². The van der Waals surface area contributed by atoms with Crippen LogP contribution in [0.4, 0.5) is 0 Å². The van der Waals surface area contributed by atoms with E-state index in [0.717, 1.165) is 17.0 Å². The molecule has 1 nitrogen and oxygen atoms in total. The minimum atomic E-state index is 0.237. The molecular formula is C19H24ClN. The quantitative estimate of drug-likeness (QED) is 0.669. The second-order valence-corrected chi connectivity index (χ2v) is 5.92. The van der Waals surface area contributed by atoms with Gasteiger partial charge in [0, 0.05) is 17.1 Å². The molecular weight excluding hydrogens is 278 g/mol. The maximum Gasteiger partial charge on any atom is 0.0453 e. The predicted molar refractivity (Wildman–Crippen MR) is 91.7 cm³/mol. The molecule has 0 aliphatic heterocycles. The van der Waals surface area contributed by atoms with E-state index in [9.17, 15) is 0 Å². The van der Waals surface area contributed by atoms with Crippen LogP contribution in [0.1, 0.15) is 56.3 Å². The van der Waals surface area contributed by atoms with Crippen LogP contribution in [0, 0.1) is 0 Å². The van der Waals surface area contributed by atoms with E-state index < -0.39 is 0 Å². The topological polar surface area (TPSA) is 12.0 Å². The summed E-state index contributed by atoms with van der Waals surface area (Å²) in [7, 11) is 0. The van der Waals surface area contributed by atoms with Crippen molar-refractivity contribution in [3.8, 4) is 0 Å². The monoisotopic (exact) mass is 301 g/mol. The molecule has 2 atom stereocenters. The normalized spacial score (nSPS) is 13.9. The van der Waals surface area contributed by atoms with Crippen LogP contribution in [0.2, 0.25) is 5.02 Å². The maximum absolute atomic E-state index is 6.31. The third-order valence-corrected chi connectivity index (χ3v) is 4.22. The molecule has 21 heavy (non-hydrogen) atoms. The van der Waals surface area contributed by atoms with E-state index in [1.165, 1.54) is 18.4 Å². The van der Waals surface area contributed by atoms with Crippen molar-refractivity contribution in [2.24, 2.45) is 0 Å². The predicted octanol–water partition coefficient (Wildman–Crippen LogP) is 5.92. The summed E-state index contributed by atoms with van der Waals surface area (Å²) >= 11 is 6.31. The fourth-order valence-electron chi connectivity index (χ4n) is 2.66. The summed E-state index contributed by atoms with van der Waals surface area (Å²) in [6, 6.07) is 19.4. The van der Waals surface area contributed by atoms with Crippen LogP contribution in [0.5, 0.6) is 0 Å². The molecule has 0 aromatic heterocycles. The van der Waals surface area contributed by atoms with E-state index in [2.05, 4.69) is 55.6 Å². The Morgan fingerprint density at radius 3 is 2.33 bits per heavy atom. The number of halogens is 1. The molecule has 0 amide bonds. The Labute approximate surface area is 133 Å². The Morgan fingerprint density at radius 1 is 1.00 bits per heavy atom. The smallest absolute Gasteiger partial charge is 0.0453 e. The Hall–Kier alpha value is -1.31. The summed E-state index contributed by atoms with van der Waals surface area (Å²) in [6.45, 7) is 4.42. The highest BCUT2D eigenvalue weighted by Crippen LogP contribution is 2.27. The lowest BCUT2D eigenvalue weighted by Crippen LogP contribution is -2.25. The van der Waals surface area contributed by atoms with E-state index >= 15 is 0 Å². The minimum absolute atomic E-state index is 0.237. The van der Waals surface area contributed by atoms with Crippen molar-refractivity contribution in [3.05, 3.63) is 70.7 Å². The highest BCUT2D eigenvalue weighted by molar-refractivity contribution is 6.31. The van der Waals surface area contributed by atoms with Gasteiger partial charge in [0.15, 0.2) is 0 Å². The first-order chi connectivity index (χ1) is 10.2. The van der Waals surface area contributed by atoms with Gasteiger partial charge < -0.3 is 5.32 Å². The largest absolute Gasteiger partial charge is 0.303 e. The van der Waals surface area contributed by atoms with Gasteiger partial charge in [-0.2, -0.15) is 0 Å². The van der Waals surface area contributed by atoms with Gasteiger partial charge in [-0.1, -0.05) is 79.9 Å². The number of benzene rings is 2. The Morgan fingerprint density at radius 2 is 1.67 bits per heavy atom. The summed E-state index contributed by atoms with van der Waals surface area (Å²) < 4.78 is 0. The first-order valence-electron chi connectivity index (χ1n) is 7.77. The average Bonchev–Trinajstić information content (AvgIpc) is 2.52. The lowest BCUT2D eigenvalue weighted by atomic mass is 9.99. The van der Waals surface area contributed by atoms with E-state index in [1.54, 1.807) is 0 Å². The molecule has 0 saturated heterocycles. The molecule has 0 aliphatic rings. The maximum atomic E-state index is 6.31. The third kappa shape index (κ3) is 4.59.